The number of hydrogen-bond acceptors (Lipinski definition) is 4. The molecule has 96 valence electrons. The van der Waals surface area contributed by atoms with Crippen molar-refractivity contribution < 1.29 is 14.9 Å². The summed E-state index contributed by atoms with van der Waals surface area (Å²) < 4.78 is 5.74. The van der Waals surface area contributed by atoms with Gasteiger partial charge >= 0.3 is 0 Å². The van der Waals surface area contributed by atoms with E-state index >= 15 is 0 Å². The molecule has 17 heavy (non-hydrogen) atoms. The lowest BCUT2D eigenvalue weighted by atomic mass is 10.1. The van der Waals surface area contributed by atoms with Crippen molar-refractivity contribution in [3.63, 3.8) is 0 Å². The van der Waals surface area contributed by atoms with Crippen molar-refractivity contribution in [3.8, 4) is 0 Å². The molecule has 0 aromatic heterocycles. The molecule has 0 heterocycles. The molecule has 0 amide bonds. The molecular weight excluding hydrogens is 286 g/mol. The highest BCUT2D eigenvalue weighted by Crippen LogP contribution is 2.17. The molecule has 1 rings (SSSR count). The van der Waals surface area contributed by atoms with Crippen LogP contribution in [0.25, 0.3) is 0 Å². The van der Waals surface area contributed by atoms with E-state index in [9.17, 15) is 10.2 Å². The summed E-state index contributed by atoms with van der Waals surface area (Å²) in [6.07, 6.45) is -1.13. The van der Waals surface area contributed by atoms with Gasteiger partial charge in [-0.15, -0.1) is 0 Å². The van der Waals surface area contributed by atoms with Crippen LogP contribution in [0, 0.1) is 0 Å². The molecule has 0 aliphatic carbocycles. The largest absolute Gasteiger partial charge is 0.389 e. The first-order valence-corrected chi connectivity index (χ1v) is 6.24. The summed E-state index contributed by atoms with van der Waals surface area (Å²) in [5.41, 5.74) is 0.841. The van der Waals surface area contributed by atoms with Gasteiger partial charge in [0.05, 0.1) is 18.8 Å². The third-order valence-electron chi connectivity index (χ3n) is 2.31. The summed E-state index contributed by atoms with van der Waals surface area (Å²) in [7, 11) is 1.54. The molecule has 0 fully saturated rings. The monoisotopic (exact) mass is 303 g/mol. The fraction of sp³-hybridized carbons (Fsp3) is 0.500. The quantitative estimate of drug-likeness (QED) is 0.705. The zero-order valence-electron chi connectivity index (χ0n) is 9.77. The average molecular weight is 304 g/mol. The van der Waals surface area contributed by atoms with Crippen LogP contribution in [0.4, 0.5) is 0 Å². The van der Waals surface area contributed by atoms with Crippen molar-refractivity contribution in [1.82, 2.24) is 5.32 Å². The smallest absolute Gasteiger partial charge is 0.0914 e. The maximum absolute atomic E-state index is 9.89. The molecule has 1 aromatic rings. The summed E-state index contributed by atoms with van der Waals surface area (Å²) >= 11 is 3.35. The first-order chi connectivity index (χ1) is 8.13. The Bertz CT molecular complexity index is 335. The van der Waals surface area contributed by atoms with E-state index in [0.717, 1.165) is 10.0 Å². The van der Waals surface area contributed by atoms with Gasteiger partial charge in [-0.3, -0.25) is 0 Å². The maximum Gasteiger partial charge on any atom is 0.0914 e. The number of halogens is 1. The van der Waals surface area contributed by atoms with E-state index in [1.807, 2.05) is 24.3 Å². The second-order valence-electron chi connectivity index (χ2n) is 3.84. The lowest BCUT2D eigenvalue weighted by molar-refractivity contribution is 0.0616. The van der Waals surface area contributed by atoms with Crippen molar-refractivity contribution in [2.75, 3.05) is 26.8 Å². The Labute approximate surface area is 110 Å². The van der Waals surface area contributed by atoms with E-state index < -0.39 is 12.2 Å². The van der Waals surface area contributed by atoms with Crippen LogP contribution in [0.2, 0.25) is 0 Å². The molecule has 5 heteroatoms. The molecule has 0 spiro atoms. The SMILES string of the molecule is COCC(O)CNCC(O)c1cccc(Br)c1. The molecule has 2 unspecified atom stereocenters. The van der Waals surface area contributed by atoms with Crippen LogP contribution < -0.4 is 5.32 Å². The Hall–Kier alpha value is -0.460. The molecule has 1 aromatic carbocycles. The number of nitrogens with one attached hydrogen (secondary N) is 1. The van der Waals surface area contributed by atoms with Gasteiger partial charge < -0.3 is 20.3 Å². The molecule has 0 aliphatic heterocycles. The van der Waals surface area contributed by atoms with Gasteiger partial charge in [0.1, 0.15) is 0 Å². The highest BCUT2D eigenvalue weighted by atomic mass is 79.9. The fourth-order valence-corrected chi connectivity index (χ4v) is 1.89. The second-order valence-corrected chi connectivity index (χ2v) is 4.75. The molecule has 4 nitrogen and oxygen atoms in total. The number of ether oxygens (including phenoxy) is 1. The minimum absolute atomic E-state index is 0.292. The summed E-state index contributed by atoms with van der Waals surface area (Å²) in [6, 6.07) is 7.52. The van der Waals surface area contributed by atoms with Crippen molar-refractivity contribution >= 4 is 15.9 Å². The number of aliphatic hydroxyl groups is 2. The van der Waals surface area contributed by atoms with Gasteiger partial charge in [0, 0.05) is 24.7 Å². The predicted molar refractivity (Wildman–Crippen MR) is 69.9 cm³/mol. The number of methoxy groups -OCH3 is 1. The minimum Gasteiger partial charge on any atom is -0.389 e. The van der Waals surface area contributed by atoms with Crippen LogP contribution in [0.15, 0.2) is 28.7 Å². The van der Waals surface area contributed by atoms with Gasteiger partial charge in [-0.1, -0.05) is 28.1 Å². The van der Waals surface area contributed by atoms with Crippen LogP contribution in [0.3, 0.4) is 0 Å². The lowest BCUT2D eigenvalue weighted by Gasteiger charge is -2.14. The van der Waals surface area contributed by atoms with Gasteiger partial charge in [0.2, 0.25) is 0 Å². The number of rotatable bonds is 7. The Morgan fingerprint density at radius 2 is 2.12 bits per heavy atom. The molecule has 3 N–H and O–H groups in total. The van der Waals surface area contributed by atoms with Crippen LogP contribution in [0.1, 0.15) is 11.7 Å². The molecule has 0 saturated carbocycles. The molecule has 0 aliphatic rings. The molecule has 0 radical (unpaired) electrons. The summed E-state index contributed by atoms with van der Waals surface area (Å²) in [5.74, 6) is 0. The van der Waals surface area contributed by atoms with E-state index in [-0.39, 0.29) is 0 Å². The van der Waals surface area contributed by atoms with Crippen LogP contribution in [0.5, 0.6) is 0 Å². The first-order valence-electron chi connectivity index (χ1n) is 5.44. The average Bonchev–Trinajstić information content (AvgIpc) is 2.29. The van der Waals surface area contributed by atoms with E-state index in [2.05, 4.69) is 21.2 Å². The number of aliphatic hydroxyl groups excluding tert-OH is 2. The predicted octanol–water partition coefficient (Wildman–Crippen LogP) is 1.08. The zero-order valence-corrected chi connectivity index (χ0v) is 11.4. The van der Waals surface area contributed by atoms with Crippen molar-refractivity contribution in [2.45, 2.75) is 12.2 Å². The molecule has 0 saturated heterocycles. The first kappa shape index (κ1) is 14.6. The van der Waals surface area contributed by atoms with Crippen LogP contribution >= 0.6 is 15.9 Å². The van der Waals surface area contributed by atoms with E-state index in [4.69, 9.17) is 4.74 Å². The Kier molecular flexibility index (Phi) is 6.69. The molecule has 0 bridgehead atoms. The van der Waals surface area contributed by atoms with Crippen molar-refractivity contribution in [2.24, 2.45) is 0 Å². The summed E-state index contributed by atoms with van der Waals surface area (Å²) in [5, 5.41) is 22.3. The zero-order chi connectivity index (χ0) is 12.7. The Balaban J connectivity index is 2.32. The topological polar surface area (TPSA) is 61.7 Å². The number of benzene rings is 1. The third kappa shape index (κ3) is 5.61. The third-order valence-corrected chi connectivity index (χ3v) is 2.80. The Morgan fingerprint density at radius 3 is 2.76 bits per heavy atom. The highest BCUT2D eigenvalue weighted by Gasteiger charge is 2.08. The summed E-state index contributed by atoms with van der Waals surface area (Å²) in [6.45, 7) is 1.09. The molecule has 2 atom stereocenters. The summed E-state index contributed by atoms with van der Waals surface area (Å²) in [4.78, 5) is 0. The van der Waals surface area contributed by atoms with Gasteiger partial charge in [-0.25, -0.2) is 0 Å². The van der Waals surface area contributed by atoms with Crippen LogP contribution in [-0.4, -0.2) is 43.1 Å². The fourth-order valence-electron chi connectivity index (χ4n) is 1.47. The number of hydrogen-bond donors (Lipinski definition) is 3. The van der Waals surface area contributed by atoms with Gasteiger partial charge in [0.15, 0.2) is 0 Å². The van der Waals surface area contributed by atoms with E-state index in [1.165, 1.54) is 0 Å². The molecular formula is C12H18BrNO3. The Morgan fingerprint density at radius 1 is 1.35 bits per heavy atom. The highest BCUT2D eigenvalue weighted by molar-refractivity contribution is 9.10. The van der Waals surface area contributed by atoms with Crippen LogP contribution in [-0.2, 0) is 4.74 Å². The second kappa shape index (κ2) is 7.79. The normalized spacial score (nSPS) is 14.6. The van der Waals surface area contributed by atoms with E-state index in [0.29, 0.717) is 19.7 Å². The van der Waals surface area contributed by atoms with Gasteiger partial charge in [-0.05, 0) is 17.7 Å². The lowest BCUT2D eigenvalue weighted by Crippen LogP contribution is -2.32. The van der Waals surface area contributed by atoms with Gasteiger partial charge in [0.25, 0.3) is 0 Å². The standard InChI is InChI=1S/C12H18BrNO3/c1-17-8-11(15)6-14-7-12(16)9-3-2-4-10(13)5-9/h2-5,11-12,14-16H,6-8H2,1H3. The minimum atomic E-state index is -0.581. The van der Waals surface area contributed by atoms with Crippen molar-refractivity contribution in [1.29, 1.82) is 0 Å². The van der Waals surface area contributed by atoms with Gasteiger partial charge in [-0.2, -0.15) is 0 Å². The van der Waals surface area contributed by atoms with Crippen molar-refractivity contribution in [3.05, 3.63) is 34.3 Å². The maximum atomic E-state index is 9.89. The van der Waals surface area contributed by atoms with E-state index in [1.54, 1.807) is 7.11 Å².